The smallest absolute Gasteiger partial charge is 0.336 e. The van der Waals surface area contributed by atoms with Crippen molar-refractivity contribution < 1.29 is 15.3 Å². The summed E-state index contributed by atoms with van der Waals surface area (Å²) in [6.45, 7) is 16.4. The molecule has 0 saturated heterocycles. The van der Waals surface area contributed by atoms with Crippen LogP contribution < -0.4 is 17.1 Å². The molecule has 0 amide bonds. The number of aromatic hydroxyl groups is 3. The van der Waals surface area contributed by atoms with Crippen LogP contribution in [0.15, 0.2) is 124 Å². The number of phenols is 3. The highest BCUT2D eigenvalue weighted by molar-refractivity contribution is 5.75. The van der Waals surface area contributed by atoms with Crippen molar-refractivity contribution in [3.63, 3.8) is 0 Å². The van der Waals surface area contributed by atoms with Crippen LogP contribution in [0.25, 0.3) is 50.2 Å². The van der Waals surface area contributed by atoms with Gasteiger partial charge in [-0.1, -0.05) is 98.7 Å². The Morgan fingerprint density at radius 1 is 0.361 bits per heavy atom. The molecule has 366 valence electrons. The van der Waals surface area contributed by atoms with Gasteiger partial charge in [0, 0.05) is 16.7 Å². The zero-order chi connectivity index (χ0) is 51.2. The fraction of sp³-hybridized carbons (Fsp3) is 0.278. The molecule has 10 rings (SSSR count). The molecule has 18 heteroatoms. The summed E-state index contributed by atoms with van der Waals surface area (Å²) >= 11 is 0. The van der Waals surface area contributed by atoms with E-state index in [4.69, 9.17) is 0 Å². The molecule has 0 aliphatic carbocycles. The topological polar surface area (TPSA) is 219 Å². The fourth-order valence-corrected chi connectivity index (χ4v) is 8.65. The average Bonchev–Trinajstić information content (AvgIpc) is 4.08. The van der Waals surface area contributed by atoms with Gasteiger partial charge in [0.15, 0.2) is 0 Å². The summed E-state index contributed by atoms with van der Waals surface area (Å²) in [7, 11) is 0. The molecule has 0 aliphatic heterocycles. The van der Waals surface area contributed by atoms with Gasteiger partial charge in [0.2, 0.25) is 0 Å². The van der Waals surface area contributed by atoms with Gasteiger partial charge >= 0.3 is 17.1 Å². The lowest BCUT2D eigenvalue weighted by atomic mass is 9.85. The zero-order valence-electron chi connectivity index (χ0n) is 41.4. The van der Waals surface area contributed by atoms with E-state index in [1.165, 1.54) is 14.4 Å². The molecule has 0 spiro atoms. The van der Waals surface area contributed by atoms with Gasteiger partial charge < -0.3 is 15.3 Å². The van der Waals surface area contributed by atoms with Crippen LogP contribution in [0.3, 0.4) is 0 Å². The maximum atomic E-state index is 15.2. The van der Waals surface area contributed by atoms with Gasteiger partial charge in [-0.15, -0.1) is 45.0 Å². The van der Waals surface area contributed by atoms with E-state index in [1.54, 1.807) is 72.8 Å². The molecule has 0 atom stereocenters. The van der Waals surface area contributed by atoms with Gasteiger partial charge in [-0.3, -0.25) is 0 Å². The number of aromatic nitrogens is 12. The number of hydrogen-bond acceptors (Lipinski definition) is 12. The third kappa shape index (κ3) is 8.47. The van der Waals surface area contributed by atoms with Crippen LogP contribution in [0.4, 0.5) is 0 Å². The highest BCUT2D eigenvalue weighted by atomic mass is 16.3. The van der Waals surface area contributed by atoms with Crippen molar-refractivity contribution in [3.8, 4) is 34.3 Å². The van der Waals surface area contributed by atoms with Crippen molar-refractivity contribution in [2.24, 2.45) is 0 Å². The highest BCUT2D eigenvalue weighted by Crippen LogP contribution is 2.37. The first kappa shape index (κ1) is 47.0. The maximum absolute atomic E-state index is 15.2. The van der Waals surface area contributed by atoms with Crippen molar-refractivity contribution in [1.82, 2.24) is 58.7 Å². The Labute approximate surface area is 412 Å². The molecule has 0 bridgehead atoms. The summed E-state index contributed by atoms with van der Waals surface area (Å²) in [6, 6.07) is 32.2. The Kier molecular flexibility index (Phi) is 11.1. The van der Waals surface area contributed by atoms with Gasteiger partial charge in [-0.05, 0) is 106 Å². The predicted octanol–water partition coefficient (Wildman–Crippen LogP) is 7.53. The normalized spacial score (nSPS) is 12.5. The van der Waals surface area contributed by atoms with Crippen LogP contribution in [0, 0.1) is 0 Å². The van der Waals surface area contributed by atoms with E-state index in [1.807, 2.05) is 98.7 Å². The molecule has 0 saturated carbocycles. The van der Waals surface area contributed by atoms with Crippen LogP contribution in [0.1, 0.15) is 95.7 Å². The van der Waals surface area contributed by atoms with Crippen LogP contribution in [0.5, 0.6) is 17.2 Å². The third-order valence-corrected chi connectivity index (χ3v) is 13.0. The quantitative estimate of drug-likeness (QED) is 0.128. The molecule has 0 radical (unpaired) electrons. The summed E-state index contributed by atoms with van der Waals surface area (Å²) in [6.07, 6.45) is 0. The molecule has 18 nitrogen and oxygen atoms in total. The number of fused-ring (bicyclic) bond motifs is 3. The second kappa shape index (κ2) is 17.0. The lowest BCUT2D eigenvalue weighted by molar-refractivity contribution is 0.434. The highest BCUT2D eigenvalue weighted by Gasteiger charge is 2.28. The van der Waals surface area contributed by atoms with Crippen molar-refractivity contribution in [2.75, 3.05) is 0 Å². The van der Waals surface area contributed by atoms with E-state index < -0.39 is 52.9 Å². The molecule has 10 aromatic rings. The van der Waals surface area contributed by atoms with Gasteiger partial charge in [0.05, 0.1) is 19.6 Å². The van der Waals surface area contributed by atoms with Gasteiger partial charge in [-0.25, -0.2) is 28.1 Å². The van der Waals surface area contributed by atoms with Crippen LogP contribution >= 0.6 is 0 Å². The minimum Gasteiger partial charge on any atom is -0.505 e. The second-order valence-corrected chi connectivity index (χ2v) is 21.3. The number of phenolic OH excluding ortho intramolecular Hbond substituents is 3. The van der Waals surface area contributed by atoms with Crippen molar-refractivity contribution in [1.29, 1.82) is 0 Å². The number of nitrogens with zero attached hydrogens (tertiary/aromatic N) is 12. The first-order chi connectivity index (χ1) is 34.0. The lowest BCUT2D eigenvalue weighted by Gasteiger charge is -2.24. The van der Waals surface area contributed by atoms with E-state index in [9.17, 15) is 15.3 Å². The van der Waals surface area contributed by atoms with E-state index in [2.05, 4.69) is 30.6 Å². The van der Waals surface area contributed by atoms with Crippen molar-refractivity contribution in [3.05, 3.63) is 174 Å². The van der Waals surface area contributed by atoms with Crippen LogP contribution in [0.2, 0.25) is 0 Å². The van der Waals surface area contributed by atoms with Gasteiger partial charge in [0.25, 0.3) is 0 Å². The summed E-state index contributed by atoms with van der Waals surface area (Å²) < 4.78 is 2.63. The number of rotatable bonds is 9. The molecule has 72 heavy (non-hydrogen) atoms. The Morgan fingerprint density at radius 2 is 0.569 bits per heavy atom. The van der Waals surface area contributed by atoms with Crippen molar-refractivity contribution in [2.45, 2.75) is 98.2 Å². The molecule has 0 unspecified atom stereocenters. The molecule has 0 fully saturated rings. The Hall–Kier alpha value is -8.67. The van der Waals surface area contributed by atoms with Gasteiger partial charge in [-0.2, -0.15) is 0 Å². The molecule has 4 heterocycles. The zero-order valence-corrected chi connectivity index (χ0v) is 41.4. The van der Waals surface area contributed by atoms with E-state index >= 15 is 14.4 Å². The van der Waals surface area contributed by atoms with Gasteiger partial charge in [0.1, 0.15) is 67.4 Å². The summed E-state index contributed by atoms with van der Waals surface area (Å²) in [4.78, 5) is 49.4. The van der Waals surface area contributed by atoms with E-state index in [-0.39, 0.29) is 51.0 Å². The predicted molar refractivity (Wildman–Crippen MR) is 274 cm³/mol. The molecular weight excluding hydrogens is 913 g/mol. The Bertz CT molecular complexity index is 3450. The Morgan fingerprint density at radius 3 is 0.764 bits per heavy atom. The molecular formula is C54H54N12O6. The fourth-order valence-electron chi connectivity index (χ4n) is 8.65. The summed E-state index contributed by atoms with van der Waals surface area (Å²) in [5, 5.41) is 64.2. The SMILES string of the molecule is CC(C)(C)c1cc(Cn2c(=O)n(Cc3cc(C(C)(C)C)cc(-n4nc5ccccc5n4)c3O)c(=O)n(Cc3cc(C(C)(C)C)cc(-n4nc5ccccc5n4)c3O)c2=O)c(O)c(-n2nc3ccccc3n2)c1. The average molecular weight is 967 g/mol. The van der Waals surface area contributed by atoms with Crippen LogP contribution in [-0.4, -0.2) is 74.0 Å². The number of hydrogen-bond donors (Lipinski definition) is 3. The molecule has 0 aliphatic rings. The minimum absolute atomic E-state index is 0.170. The van der Waals surface area contributed by atoms with Crippen molar-refractivity contribution >= 4 is 33.1 Å². The van der Waals surface area contributed by atoms with Crippen LogP contribution in [-0.2, 0) is 35.9 Å². The monoisotopic (exact) mass is 966 g/mol. The maximum Gasteiger partial charge on any atom is 0.336 e. The first-order valence-electron chi connectivity index (χ1n) is 23.5. The molecule has 6 aromatic carbocycles. The summed E-state index contributed by atoms with van der Waals surface area (Å²) in [5.74, 6) is -0.882. The first-order valence-corrected chi connectivity index (χ1v) is 23.5. The standard InChI is InChI=1S/C54H54N12O6/c1-52(2,3)34-22-31(46(67)43(25-34)64-55-37-16-10-11-17-38(37)56-64)28-61-49(70)62(29-32-23-35(53(4,5)6)26-44(47(32)68)65-57-39-18-12-13-19-40(39)58-65)51(72)63(50(61)71)30-33-24-36(54(7,8)9)27-45(48(33)69)66-59-41-20-14-15-21-42(41)60-66/h10-27,67-69H,28-30H2,1-9H3. The molecule has 4 aromatic heterocycles. The van der Waals surface area contributed by atoms with E-state index in [0.29, 0.717) is 33.1 Å². The number of benzene rings is 6. The molecule has 3 N–H and O–H groups in total. The lowest BCUT2D eigenvalue weighted by Crippen LogP contribution is -2.55. The third-order valence-electron chi connectivity index (χ3n) is 13.0. The second-order valence-electron chi connectivity index (χ2n) is 21.3. The largest absolute Gasteiger partial charge is 0.505 e. The Balaban J connectivity index is 1.19. The summed E-state index contributed by atoms with van der Waals surface area (Å²) in [5.41, 5.74) is 2.32. The minimum atomic E-state index is -1.02. The van der Waals surface area contributed by atoms with E-state index in [0.717, 1.165) is 30.4 Å².